The van der Waals surface area contributed by atoms with Crippen LogP contribution in [0.15, 0.2) is 30.9 Å². The molecule has 0 aromatic heterocycles. The average molecular weight is 225 g/mol. The summed E-state index contributed by atoms with van der Waals surface area (Å²) in [6, 6.07) is 6.03. The molecule has 3 heteroatoms. The zero-order chi connectivity index (χ0) is 11.3. The van der Waals surface area contributed by atoms with E-state index in [0.29, 0.717) is 6.54 Å². The Morgan fingerprint density at radius 3 is 2.87 bits per heavy atom. The summed E-state index contributed by atoms with van der Waals surface area (Å²) in [6.07, 6.45) is 1.83. The van der Waals surface area contributed by atoms with Crippen molar-refractivity contribution < 1.29 is 0 Å². The summed E-state index contributed by atoms with van der Waals surface area (Å²) in [7, 11) is 0. The molecule has 0 aliphatic carbocycles. The van der Waals surface area contributed by atoms with E-state index in [4.69, 9.17) is 17.3 Å². The topological polar surface area (TPSA) is 38.0 Å². The van der Waals surface area contributed by atoms with E-state index >= 15 is 0 Å². The molecule has 0 aliphatic heterocycles. The van der Waals surface area contributed by atoms with E-state index in [1.807, 2.05) is 31.2 Å². The highest BCUT2D eigenvalue weighted by molar-refractivity contribution is 6.30. The summed E-state index contributed by atoms with van der Waals surface area (Å²) < 4.78 is 0. The SMILES string of the molecule is C=CCNC(CN)c1ccc(Cl)cc1C. The molecule has 0 aliphatic rings. The molecular formula is C12H17ClN2. The first-order valence-corrected chi connectivity index (χ1v) is 5.37. The van der Waals surface area contributed by atoms with Crippen molar-refractivity contribution >= 4 is 11.6 Å². The Morgan fingerprint density at radius 2 is 2.33 bits per heavy atom. The van der Waals surface area contributed by atoms with Crippen molar-refractivity contribution in [2.75, 3.05) is 13.1 Å². The number of rotatable bonds is 5. The minimum atomic E-state index is 0.167. The molecule has 3 N–H and O–H groups in total. The second kappa shape index (κ2) is 5.91. The Morgan fingerprint density at radius 1 is 1.60 bits per heavy atom. The first-order valence-electron chi connectivity index (χ1n) is 4.99. The summed E-state index contributed by atoms with van der Waals surface area (Å²) in [5.74, 6) is 0. The van der Waals surface area contributed by atoms with E-state index in [0.717, 1.165) is 17.1 Å². The molecule has 1 aromatic carbocycles. The fraction of sp³-hybridized carbons (Fsp3) is 0.333. The minimum Gasteiger partial charge on any atom is -0.329 e. The van der Waals surface area contributed by atoms with Crippen LogP contribution in [0.1, 0.15) is 17.2 Å². The molecule has 1 aromatic rings. The van der Waals surface area contributed by atoms with Crippen molar-refractivity contribution in [1.82, 2.24) is 5.32 Å². The summed E-state index contributed by atoms with van der Waals surface area (Å²) in [5, 5.41) is 4.07. The lowest BCUT2D eigenvalue weighted by atomic mass is 10.0. The fourth-order valence-electron chi connectivity index (χ4n) is 1.58. The van der Waals surface area contributed by atoms with Gasteiger partial charge in [-0.2, -0.15) is 0 Å². The van der Waals surface area contributed by atoms with Crippen LogP contribution in [0.2, 0.25) is 5.02 Å². The molecule has 15 heavy (non-hydrogen) atoms. The van der Waals surface area contributed by atoms with Crippen LogP contribution in [0.25, 0.3) is 0 Å². The zero-order valence-corrected chi connectivity index (χ0v) is 9.72. The van der Waals surface area contributed by atoms with Gasteiger partial charge in [-0.15, -0.1) is 6.58 Å². The van der Waals surface area contributed by atoms with Crippen LogP contribution < -0.4 is 11.1 Å². The van der Waals surface area contributed by atoms with Gasteiger partial charge in [-0.05, 0) is 30.2 Å². The van der Waals surface area contributed by atoms with Gasteiger partial charge >= 0.3 is 0 Å². The first kappa shape index (κ1) is 12.2. The molecule has 2 nitrogen and oxygen atoms in total. The molecule has 0 radical (unpaired) electrons. The van der Waals surface area contributed by atoms with Gasteiger partial charge in [0.25, 0.3) is 0 Å². The van der Waals surface area contributed by atoms with Gasteiger partial charge in [0.05, 0.1) is 0 Å². The van der Waals surface area contributed by atoms with Gasteiger partial charge < -0.3 is 11.1 Å². The molecule has 1 atom stereocenters. The van der Waals surface area contributed by atoms with E-state index < -0.39 is 0 Å². The number of halogens is 1. The molecule has 0 saturated carbocycles. The highest BCUT2D eigenvalue weighted by atomic mass is 35.5. The lowest BCUT2D eigenvalue weighted by molar-refractivity contribution is 0.575. The van der Waals surface area contributed by atoms with Crippen molar-refractivity contribution in [3.8, 4) is 0 Å². The van der Waals surface area contributed by atoms with Crippen LogP contribution in [-0.4, -0.2) is 13.1 Å². The molecule has 0 fully saturated rings. The maximum Gasteiger partial charge on any atom is 0.0449 e. The molecule has 0 heterocycles. The quantitative estimate of drug-likeness (QED) is 0.754. The van der Waals surface area contributed by atoms with Crippen LogP contribution in [0.5, 0.6) is 0 Å². The zero-order valence-electron chi connectivity index (χ0n) is 8.96. The average Bonchev–Trinajstić information content (AvgIpc) is 2.21. The monoisotopic (exact) mass is 224 g/mol. The normalized spacial score (nSPS) is 12.5. The number of benzene rings is 1. The summed E-state index contributed by atoms with van der Waals surface area (Å²) in [5.41, 5.74) is 8.08. The molecule has 82 valence electrons. The van der Waals surface area contributed by atoms with Gasteiger partial charge in [-0.3, -0.25) is 0 Å². The number of aryl methyl sites for hydroxylation is 1. The second-order valence-electron chi connectivity index (χ2n) is 3.49. The van der Waals surface area contributed by atoms with Crippen molar-refractivity contribution in [3.63, 3.8) is 0 Å². The Balaban J connectivity index is 2.86. The van der Waals surface area contributed by atoms with E-state index in [1.54, 1.807) is 0 Å². The highest BCUT2D eigenvalue weighted by Crippen LogP contribution is 2.20. The predicted molar refractivity (Wildman–Crippen MR) is 66.2 cm³/mol. The Labute approximate surface area is 96.1 Å². The third-order valence-electron chi connectivity index (χ3n) is 2.35. The van der Waals surface area contributed by atoms with Crippen molar-refractivity contribution in [2.45, 2.75) is 13.0 Å². The third kappa shape index (κ3) is 3.34. The Kier molecular flexibility index (Phi) is 4.82. The molecule has 1 rings (SSSR count). The summed E-state index contributed by atoms with van der Waals surface area (Å²) in [6.45, 7) is 7.03. The molecular weight excluding hydrogens is 208 g/mol. The van der Waals surface area contributed by atoms with Crippen molar-refractivity contribution in [2.24, 2.45) is 5.73 Å². The lowest BCUT2D eigenvalue weighted by Gasteiger charge is -2.18. The van der Waals surface area contributed by atoms with Crippen LogP contribution in [0.4, 0.5) is 0 Å². The van der Waals surface area contributed by atoms with E-state index in [-0.39, 0.29) is 6.04 Å². The molecule has 0 bridgehead atoms. The summed E-state index contributed by atoms with van der Waals surface area (Å²) >= 11 is 5.90. The van der Waals surface area contributed by atoms with E-state index in [1.165, 1.54) is 5.56 Å². The van der Waals surface area contributed by atoms with Crippen molar-refractivity contribution in [1.29, 1.82) is 0 Å². The number of hydrogen-bond donors (Lipinski definition) is 2. The van der Waals surface area contributed by atoms with Crippen molar-refractivity contribution in [3.05, 3.63) is 47.0 Å². The molecule has 0 saturated heterocycles. The first-order chi connectivity index (χ1) is 7.19. The van der Waals surface area contributed by atoms with Gasteiger partial charge in [0.2, 0.25) is 0 Å². The van der Waals surface area contributed by atoms with E-state index in [2.05, 4.69) is 11.9 Å². The summed E-state index contributed by atoms with van der Waals surface area (Å²) in [4.78, 5) is 0. The Hall–Kier alpha value is -0.830. The van der Waals surface area contributed by atoms with Crippen LogP contribution in [0.3, 0.4) is 0 Å². The van der Waals surface area contributed by atoms with Gasteiger partial charge in [0.1, 0.15) is 0 Å². The number of hydrogen-bond acceptors (Lipinski definition) is 2. The maximum absolute atomic E-state index is 5.90. The standard InChI is InChI=1S/C12H17ClN2/c1-3-6-15-12(8-14)11-5-4-10(13)7-9(11)2/h3-5,7,12,15H,1,6,8,14H2,2H3. The molecule has 0 spiro atoms. The highest BCUT2D eigenvalue weighted by Gasteiger charge is 2.10. The van der Waals surface area contributed by atoms with Gasteiger partial charge in [-0.1, -0.05) is 23.7 Å². The predicted octanol–water partition coefficient (Wildman–Crippen LogP) is 2.42. The second-order valence-corrected chi connectivity index (χ2v) is 3.92. The van der Waals surface area contributed by atoms with Gasteiger partial charge in [0.15, 0.2) is 0 Å². The van der Waals surface area contributed by atoms with Crippen LogP contribution in [-0.2, 0) is 0 Å². The number of nitrogens with two attached hydrogens (primary N) is 1. The smallest absolute Gasteiger partial charge is 0.0449 e. The van der Waals surface area contributed by atoms with Gasteiger partial charge in [-0.25, -0.2) is 0 Å². The number of nitrogens with one attached hydrogen (secondary N) is 1. The Bertz CT molecular complexity index is 336. The molecule has 1 unspecified atom stereocenters. The third-order valence-corrected chi connectivity index (χ3v) is 2.59. The fourth-order valence-corrected chi connectivity index (χ4v) is 1.80. The molecule has 0 amide bonds. The van der Waals surface area contributed by atoms with Crippen LogP contribution in [0, 0.1) is 6.92 Å². The largest absolute Gasteiger partial charge is 0.329 e. The van der Waals surface area contributed by atoms with Gasteiger partial charge in [0, 0.05) is 24.2 Å². The lowest BCUT2D eigenvalue weighted by Crippen LogP contribution is -2.28. The van der Waals surface area contributed by atoms with Crippen LogP contribution >= 0.6 is 11.6 Å². The van der Waals surface area contributed by atoms with E-state index in [9.17, 15) is 0 Å². The maximum atomic E-state index is 5.90. The minimum absolute atomic E-state index is 0.167.